The minimum Gasteiger partial charge on any atom is -0.398 e. The van der Waals surface area contributed by atoms with E-state index in [-0.39, 0.29) is 0 Å². The molecule has 2 aromatic rings. The highest BCUT2D eigenvalue weighted by Gasteiger charge is 2.28. The van der Waals surface area contributed by atoms with Gasteiger partial charge in [0.1, 0.15) is 5.82 Å². The average molecular weight is 398 g/mol. The number of hydrogen-bond donors (Lipinski definition) is 2. The van der Waals surface area contributed by atoms with Crippen molar-refractivity contribution in [3.05, 3.63) is 53.2 Å². The number of ether oxygens (including phenoxy) is 1. The molecule has 0 unspecified atom stereocenters. The number of alkyl halides is 3. The zero-order valence-electron chi connectivity index (χ0n) is 14.8. The Bertz CT molecular complexity index is 871. The van der Waals surface area contributed by atoms with E-state index in [0.29, 0.717) is 27.7 Å². The molecule has 0 aliphatic heterocycles. The van der Waals surface area contributed by atoms with Crippen LogP contribution in [0.1, 0.15) is 13.8 Å². The number of hydrogen-bond acceptors (Lipinski definition) is 4. The number of aromatic nitrogens is 1. The third-order valence-corrected chi connectivity index (χ3v) is 3.37. The zero-order chi connectivity index (χ0) is 20.4. The highest BCUT2D eigenvalue weighted by Crippen LogP contribution is 2.28. The van der Waals surface area contributed by atoms with Crippen LogP contribution in [0, 0.1) is 12.3 Å². The summed E-state index contributed by atoms with van der Waals surface area (Å²) in [5.41, 5.74) is 7.54. The van der Waals surface area contributed by atoms with Gasteiger partial charge in [0.25, 0.3) is 0 Å². The van der Waals surface area contributed by atoms with Crippen molar-refractivity contribution in [1.82, 2.24) is 4.98 Å². The fourth-order valence-electron chi connectivity index (χ4n) is 1.95. The van der Waals surface area contributed by atoms with E-state index >= 15 is 0 Å². The van der Waals surface area contributed by atoms with Crippen LogP contribution in [0.15, 0.2) is 48.2 Å². The van der Waals surface area contributed by atoms with Crippen molar-refractivity contribution in [2.24, 2.45) is 0 Å². The predicted octanol–water partition coefficient (Wildman–Crippen LogP) is 5.52. The number of terminal acetylenes is 1. The lowest BCUT2D eigenvalue weighted by Crippen LogP contribution is -2.13. The summed E-state index contributed by atoms with van der Waals surface area (Å²) in [6, 6.07) is 6.83. The van der Waals surface area contributed by atoms with Gasteiger partial charge < -0.3 is 11.1 Å². The lowest BCUT2D eigenvalue weighted by Gasteiger charge is -2.09. The molecule has 0 fully saturated rings. The van der Waals surface area contributed by atoms with Crippen LogP contribution in [0.3, 0.4) is 0 Å². The first-order valence-corrected chi connectivity index (χ1v) is 8.12. The fourth-order valence-corrected chi connectivity index (χ4v) is 2.16. The summed E-state index contributed by atoms with van der Waals surface area (Å²) in [4.78, 5) is 4.38. The van der Waals surface area contributed by atoms with E-state index < -0.39 is 13.0 Å². The van der Waals surface area contributed by atoms with Gasteiger partial charge in [-0.2, -0.15) is 0 Å². The van der Waals surface area contributed by atoms with Crippen LogP contribution in [-0.4, -0.2) is 18.0 Å². The smallest absolute Gasteiger partial charge is 0.398 e. The first-order valence-electron chi connectivity index (χ1n) is 7.74. The van der Waals surface area contributed by atoms with Gasteiger partial charge in [-0.3, -0.25) is 4.74 Å². The predicted molar refractivity (Wildman–Crippen MR) is 104 cm³/mol. The summed E-state index contributed by atoms with van der Waals surface area (Å²) in [7, 11) is 0. The van der Waals surface area contributed by atoms with Crippen molar-refractivity contribution >= 4 is 34.0 Å². The Morgan fingerprint density at radius 1 is 1.37 bits per heavy atom. The van der Waals surface area contributed by atoms with Gasteiger partial charge in [0.2, 0.25) is 0 Å². The zero-order valence-corrected chi connectivity index (χ0v) is 15.5. The summed E-state index contributed by atoms with van der Waals surface area (Å²) in [6.07, 6.45) is 4.36. The lowest BCUT2D eigenvalue weighted by molar-refractivity contribution is -0.319. The molecule has 0 amide bonds. The second kappa shape index (κ2) is 10.5. The highest BCUT2D eigenvalue weighted by atomic mass is 35.5. The molecule has 0 radical (unpaired) electrons. The summed E-state index contributed by atoms with van der Waals surface area (Å²) < 4.78 is 39.4. The Morgan fingerprint density at radius 3 is 2.63 bits per heavy atom. The number of nitrogens with two attached hydrogens (primary N) is 1. The molecule has 0 saturated carbocycles. The maximum atomic E-state index is 11.9. The Balaban J connectivity index is 0.00000114. The van der Waals surface area contributed by atoms with E-state index in [0.717, 1.165) is 5.39 Å². The molecular weight excluding hydrogens is 379 g/mol. The number of rotatable bonds is 5. The average Bonchev–Trinajstić information content (AvgIpc) is 2.61. The van der Waals surface area contributed by atoms with E-state index in [1.165, 1.54) is 12.2 Å². The Hall–Kier alpha value is -2.69. The quantitative estimate of drug-likeness (QED) is 0.396. The van der Waals surface area contributed by atoms with Gasteiger partial charge >= 0.3 is 6.36 Å². The number of anilines is 2. The minimum absolute atomic E-state index is 0.457. The van der Waals surface area contributed by atoms with Crippen molar-refractivity contribution in [2.45, 2.75) is 20.2 Å². The molecule has 1 heterocycles. The third kappa shape index (κ3) is 7.60. The molecule has 0 spiro atoms. The Kier molecular flexibility index (Phi) is 8.66. The topological polar surface area (TPSA) is 60.2 Å². The number of pyridine rings is 1. The maximum Gasteiger partial charge on any atom is 0.522 e. The van der Waals surface area contributed by atoms with Gasteiger partial charge in [-0.15, -0.1) is 25.5 Å². The first kappa shape index (κ1) is 22.4. The van der Waals surface area contributed by atoms with Gasteiger partial charge in [-0.25, -0.2) is 4.98 Å². The van der Waals surface area contributed by atoms with Crippen molar-refractivity contribution in [3.63, 3.8) is 0 Å². The first-order chi connectivity index (χ1) is 12.7. The molecule has 1 aromatic carbocycles. The molecule has 0 aliphatic carbocycles. The van der Waals surface area contributed by atoms with Crippen LogP contribution in [0.25, 0.3) is 10.9 Å². The van der Waals surface area contributed by atoms with E-state index in [9.17, 15) is 13.2 Å². The molecule has 3 N–H and O–H groups in total. The van der Waals surface area contributed by atoms with Crippen molar-refractivity contribution in [3.8, 4) is 12.3 Å². The van der Waals surface area contributed by atoms with E-state index in [2.05, 4.69) is 27.4 Å². The molecule has 2 rings (SSSR count). The Morgan fingerprint density at radius 2 is 2.04 bits per heavy atom. The SMILES string of the molecule is C#CC.C/C=C(\C=C/COC(F)(F)F)Nc1ccc2c(N)ccc(Cl)c2n1. The lowest BCUT2D eigenvalue weighted by atomic mass is 10.2. The minimum atomic E-state index is -4.65. The van der Waals surface area contributed by atoms with Gasteiger partial charge in [-0.05, 0) is 44.2 Å². The molecule has 0 atom stereocenters. The number of fused-ring (bicyclic) bond motifs is 1. The molecular formula is C19H19ClF3N3O. The maximum absolute atomic E-state index is 11.9. The number of nitrogens with one attached hydrogen (secondary N) is 1. The summed E-state index contributed by atoms with van der Waals surface area (Å²) in [5, 5.41) is 4.18. The molecule has 0 saturated heterocycles. The number of nitrogens with zero attached hydrogens (tertiary/aromatic N) is 1. The van der Waals surface area contributed by atoms with E-state index in [1.807, 2.05) is 0 Å². The number of allylic oxidation sites excluding steroid dienone is 2. The summed E-state index contributed by atoms with van der Waals surface area (Å²) in [5.74, 6) is 2.74. The second-order valence-corrected chi connectivity index (χ2v) is 5.45. The summed E-state index contributed by atoms with van der Waals surface area (Å²) >= 11 is 6.12. The Labute approximate surface area is 160 Å². The monoisotopic (exact) mass is 397 g/mol. The van der Waals surface area contributed by atoms with Crippen molar-refractivity contribution in [1.29, 1.82) is 0 Å². The molecule has 0 bridgehead atoms. The number of nitrogen functional groups attached to an aromatic ring is 1. The molecule has 144 valence electrons. The number of benzene rings is 1. The van der Waals surface area contributed by atoms with Gasteiger partial charge in [-0.1, -0.05) is 23.8 Å². The van der Waals surface area contributed by atoms with Crippen molar-refractivity contribution in [2.75, 3.05) is 17.7 Å². The van der Waals surface area contributed by atoms with Crippen LogP contribution >= 0.6 is 11.6 Å². The normalized spacial score (nSPS) is 11.8. The largest absolute Gasteiger partial charge is 0.522 e. The second-order valence-electron chi connectivity index (χ2n) is 5.05. The molecule has 0 aliphatic rings. The highest BCUT2D eigenvalue weighted by molar-refractivity contribution is 6.35. The van der Waals surface area contributed by atoms with Crippen LogP contribution in [-0.2, 0) is 4.74 Å². The fraction of sp³-hybridized carbons (Fsp3) is 0.211. The van der Waals surface area contributed by atoms with E-state index in [4.69, 9.17) is 17.3 Å². The summed E-state index contributed by atoms with van der Waals surface area (Å²) in [6.45, 7) is 2.82. The third-order valence-electron chi connectivity index (χ3n) is 3.07. The molecule has 8 heteroatoms. The van der Waals surface area contributed by atoms with Gasteiger partial charge in [0.15, 0.2) is 0 Å². The van der Waals surface area contributed by atoms with Crippen molar-refractivity contribution < 1.29 is 17.9 Å². The van der Waals surface area contributed by atoms with Gasteiger partial charge in [0, 0.05) is 16.8 Å². The van der Waals surface area contributed by atoms with Crippen LogP contribution in [0.2, 0.25) is 5.02 Å². The van der Waals surface area contributed by atoms with Crippen LogP contribution in [0.5, 0.6) is 0 Å². The van der Waals surface area contributed by atoms with Gasteiger partial charge in [0.05, 0.1) is 17.1 Å². The molecule has 4 nitrogen and oxygen atoms in total. The standard InChI is InChI=1S/C16H15ClF3N3O.C3H4/c1-2-10(4-3-9-24-16(18,19)20)22-14-8-5-11-13(21)7-6-12(17)15(11)23-14;1-3-2/h2-8H,9,21H2,1H3,(H,22,23);1H,2H3/b4-3-,10-2+;. The van der Waals surface area contributed by atoms with Crippen LogP contribution in [0.4, 0.5) is 24.7 Å². The molecule has 1 aromatic heterocycles. The van der Waals surface area contributed by atoms with E-state index in [1.54, 1.807) is 44.2 Å². The number of halogens is 4. The molecule has 27 heavy (non-hydrogen) atoms. The van der Waals surface area contributed by atoms with Crippen LogP contribution < -0.4 is 11.1 Å².